The van der Waals surface area contributed by atoms with Crippen molar-refractivity contribution in [2.24, 2.45) is 0 Å². The molecule has 0 radical (unpaired) electrons. The number of amides is 1. The zero-order chi connectivity index (χ0) is 13.5. The van der Waals surface area contributed by atoms with E-state index in [1.54, 1.807) is 6.07 Å². The van der Waals surface area contributed by atoms with Crippen molar-refractivity contribution in [3.8, 4) is 6.07 Å². The maximum atomic E-state index is 12.8. The average molecular weight is 256 g/mol. The number of methoxy groups -OCH3 is 1. The molecule has 0 fully saturated rings. The highest BCUT2D eigenvalue weighted by molar-refractivity contribution is 5.84. The molecule has 1 amide bonds. The summed E-state index contributed by atoms with van der Waals surface area (Å²) in [5, 5.41) is 8.28. The number of carbonyl (C=O) groups excluding carboxylic acids is 1. The average Bonchev–Trinajstić information content (AvgIpc) is 2.28. The first-order valence-electron chi connectivity index (χ1n) is 4.69. The number of halogens is 4. The maximum absolute atomic E-state index is 12.8. The van der Waals surface area contributed by atoms with Crippen molar-refractivity contribution >= 4 is 5.91 Å². The molecule has 17 heavy (non-hydrogen) atoms. The van der Waals surface area contributed by atoms with Crippen molar-refractivity contribution in [3.63, 3.8) is 0 Å². The number of hydrogen-bond donors (Lipinski definition) is 0. The predicted octanol–water partition coefficient (Wildman–Crippen LogP) is 1.28. The van der Waals surface area contributed by atoms with E-state index in [4.69, 9.17) is 5.26 Å². The van der Waals surface area contributed by atoms with E-state index in [-0.39, 0.29) is 26.1 Å². The Morgan fingerprint density at radius 3 is 2.47 bits per heavy atom. The molecule has 0 rings (SSSR count). The van der Waals surface area contributed by atoms with Crippen LogP contribution in [-0.4, -0.2) is 50.0 Å². The largest absolute Gasteiger partial charge is 0.383 e. The highest BCUT2D eigenvalue weighted by Gasteiger charge is 2.50. The molecular weight excluding hydrogens is 244 g/mol. The molecule has 0 aromatic carbocycles. The Balaban J connectivity index is 4.67. The number of nitriles is 1. The molecule has 0 heterocycles. The number of carbonyl (C=O) groups is 1. The fourth-order valence-corrected chi connectivity index (χ4v) is 1.01. The van der Waals surface area contributed by atoms with Crippen LogP contribution in [0.25, 0.3) is 0 Å². The topological polar surface area (TPSA) is 53.3 Å². The van der Waals surface area contributed by atoms with Gasteiger partial charge in [0.15, 0.2) is 0 Å². The minimum atomic E-state index is -4.73. The number of alkyl halides is 4. The summed E-state index contributed by atoms with van der Waals surface area (Å²) in [6, 6.07) is 1.64. The zero-order valence-electron chi connectivity index (χ0n) is 9.13. The number of hydrogen-bond acceptors (Lipinski definition) is 3. The van der Waals surface area contributed by atoms with Gasteiger partial charge in [0.05, 0.1) is 19.1 Å². The molecule has 0 unspecified atom stereocenters. The van der Waals surface area contributed by atoms with Crippen molar-refractivity contribution in [1.82, 2.24) is 4.90 Å². The second-order valence-electron chi connectivity index (χ2n) is 3.12. The van der Waals surface area contributed by atoms with Gasteiger partial charge < -0.3 is 9.64 Å². The minimum Gasteiger partial charge on any atom is -0.383 e. The first kappa shape index (κ1) is 15.6. The van der Waals surface area contributed by atoms with E-state index in [2.05, 4.69) is 4.74 Å². The smallest absolute Gasteiger partial charge is 0.383 e. The monoisotopic (exact) mass is 256 g/mol. The molecule has 0 bridgehead atoms. The van der Waals surface area contributed by atoms with Crippen molar-refractivity contribution < 1.29 is 27.1 Å². The normalized spacial score (nSPS) is 11.4. The van der Waals surface area contributed by atoms with Crippen LogP contribution in [0.15, 0.2) is 0 Å². The van der Waals surface area contributed by atoms with Gasteiger partial charge in [-0.15, -0.1) is 0 Å². The summed E-state index contributed by atoms with van der Waals surface area (Å²) < 4.78 is 54.1. The van der Waals surface area contributed by atoms with E-state index in [0.717, 1.165) is 0 Å². The summed E-state index contributed by atoms with van der Waals surface area (Å²) in [6.07, 6.45) is -4.28. The summed E-state index contributed by atoms with van der Waals surface area (Å²) in [7, 11) is 1.28. The fourth-order valence-electron chi connectivity index (χ4n) is 1.01. The van der Waals surface area contributed by atoms with E-state index in [1.165, 1.54) is 7.11 Å². The summed E-state index contributed by atoms with van der Waals surface area (Å²) >= 11 is 0. The number of rotatable bonds is 7. The molecule has 98 valence electrons. The van der Waals surface area contributed by atoms with E-state index in [9.17, 15) is 22.4 Å². The van der Waals surface area contributed by atoms with Crippen molar-refractivity contribution in [2.75, 3.05) is 26.8 Å². The van der Waals surface area contributed by atoms with Gasteiger partial charge in [-0.25, -0.2) is 8.78 Å². The molecule has 8 heteroatoms. The van der Waals surface area contributed by atoms with Crippen LogP contribution < -0.4 is 0 Å². The lowest BCUT2D eigenvalue weighted by Gasteiger charge is -2.25. The second kappa shape index (κ2) is 7.06. The van der Waals surface area contributed by atoms with Crippen molar-refractivity contribution in [2.45, 2.75) is 18.8 Å². The van der Waals surface area contributed by atoms with E-state index >= 15 is 0 Å². The van der Waals surface area contributed by atoms with Gasteiger partial charge in [-0.2, -0.15) is 14.0 Å². The maximum Gasteiger partial charge on any atom is 0.383 e. The fraction of sp³-hybridized carbons (Fsp3) is 0.778. The van der Waals surface area contributed by atoms with Gasteiger partial charge in [0, 0.05) is 20.2 Å². The zero-order valence-corrected chi connectivity index (χ0v) is 9.13. The summed E-state index contributed by atoms with van der Waals surface area (Å²) in [4.78, 5) is 11.6. The van der Waals surface area contributed by atoms with Crippen LogP contribution in [0.5, 0.6) is 0 Å². The quantitative estimate of drug-likeness (QED) is 0.645. The lowest BCUT2D eigenvalue weighted by molar-refractivity contribution is -0.181. The molecule has 0 N–H and O–H groups in total. The Hall–Kier alpha value is -1.36. The standard InChI is InChI=1S/C9H12F4N2O2/c1-17-6-5-15(4-2-3-14)8(16)9(12,13)7(10)11/h7H,2,4-6H2,1H3. The molecule has 0 aliphatic carbocycles. The Morgan fingerprint density at radius 1 is 1.47 bits per heavy atom. The van der Waals surface area contributed by atoms with Gasteiger partial charge in [-0.3, -0.25) is 4.79 Å². The highest BCUT2D eigenvalue weighted by Crippen LogP contribution is 2.25. The van der Waals surface area contributed by atoms with Crippen LogP contribution >= 0.6 is 0 Å². The van der Waals surface area contributed by atoms with Crippen LogP contribution in [0.4, 0.5) is 17.6 Å². The van der Waals surface area contributed by atoms with Crippen LogP contribution in [0, 0.1) is 11.3 Å². The molecule has 4 nitrogen and oxygen atoms in total. The molecule has 0 saturated carbocycles. The van der Waals surface area contributed by atoms with Crippen molar-refractivity contribution in [1.29, 1.82) is 5.26 Å². The molecule has 0 aliphatic heterocycles. The SMILES string of the molecule is COCCN(CCC#N)C(=O)C(F)(F)C(F)F. The third-order valence-electron chi connectivity index (χ3n) is 1.91. The van der Waals surface area contributed by atoms with Gasteiger partial charge in [-0.05, 0) is 0 Å². The number of ether oxygens (including phenoxy) is 1. The third kappa shape index (κ3) is 4.56. The predicted molar refractivity (Wildman–Crippen MR) is 49.6 cm³/mol. The Labute approximate surface area is 95.7 Å². The molecule has 0 atom stereocenters. The Bertz CT molecular complexity index is 291. The molecule has 0 aromatic heterocycles. The van der Waals surface area contributed by atoms with Crippen molar-refractivity contribution in [3.05, 3.63) is 0 Å². The number of nitrogens with zero attached hydrogens (tertiary/aromatic N) is 2. The van der Waals surface area contributed by atoms with Crippen LogP contribution in [0.3, 0.4) is 0 Å². The lowest BCUT2D eigenvalue weighted by atomic mass is 10.2. The first-order chi connectivity index (χ1) is 7.87. The van der Waals surface area contributed by atoms with Crippen LogP contribution in [0.1, 0.15) is 6.42 Å². The van der Waals surface area contributed by atoms with E-state index < -0.39 is 18.3 Å². The van der Waals surface area contributed by atoms with Gasteiger partial charge in [0.2, 0.25) is 0 Å². The molecule has 0 aliphatic rings. The van der Waals surface area contributed by atoms with E-state index in [1.807, 2.05) is 0 Å². The Kier molecular flexibility index (Phi) is 6.50. The summed E-state index contributed by atoms with van der Waals surface area (Å²) in [5.74, 6) is -6.72. The van der Waals surface area contributed by atoms with Gasteiger partial charge in [-0.1, -0.05) is 0 Å². The van der Waals surface area contributed by atoms with E-state index in [0.29, 0.717) is 4.90 Å². The van der Waals surface area contributed by atoms with Crippen LogP contribution in [0.2, 0.25) is 0 Å². The molecule has 0 aromatic rings. The van der Waals surface area contributed by atoms with Gasteiger partial charge >= 0.3 is 12.3 Å². The van der Waals surface area contributed by atoms with Gasteiger partial charge in [0.25, 0.3) is 5.91 Å². The lowest BCUT2D eigenvalue weighted by Crippen LogP contribution is -2.49. The minimum absolute atomic E-state index is 0.0729. The van der Waals surface area contributed by atoms with Crippen LogP contribution in [-0.2, 0) is 9.53 Å². The summed E-state index contributed by atoms with van der Waals surface area (Å²) in [6.45, 7) is -0.670. The van der Waals surface area contributed by atoms with Gasteiger partial charge in [0.1, 0.15) is 0 Å². The molecular formula is C9H12F4N2O2. The summed E-state index contributed by atoms with van der Waals surface area (Å²) in [5.41, 5.74) is 0. The second-order valence-corrected chi connectivity index (χ2v) is 3.12. The Morgan fingerprint density at radius 2 is 2.06 bits per heavy atom. The molecule has 0 saturated heterocycles. The molecule has 0 spiro atoms. The third-order valence-corrected chi connectivity index (χ3v) is 1.91. The highest BCUT2D eigenvalue weighted by atomic mass is 19.3. The first-order valence-corrected chi connectivity index (χ1v) is 4.69.